The van der Waals surface area contributed by atoms with Gasteiger partial charge in [-0.1, -0.05) is 44.0 Å². The second kappa shape index (κ2) is 7.54. The van der Waals surface area contributed by atoms with Crippen molar-refractivity contribution in [3.8, 4) is 5.75 Å². The molecule has 130 valence electrons. The maximum atomic E-state index is 9.46. The molecule has 0 unspecified atom stereocenters. The molecule has 2 aromatic carbocycles. The Bertz CT molecular complexity index is 685. The summed E-state index contributed by atoms with van der Waals surface area (Å²) < 4.78 is 5.84. The largest absolute Gasteiger partial charge is 0.494 e. The van der Waals surface area contributed by atoms with Gasteiger partial charge in [-0.3, -0.25) is 0 Å². The van der Waals surface area contributed by atoms with Crippen molar-refractivity contribution in [2.75, 3.05) is 13.2 Å². The Labute approximate surface area is 144 Å². The predicted molar refractivity (Wildman–Crippen MR) is 99.6 cm³/mol. The minimum absolute atomic E-state index is 0.0792. The first-order valence-corrected chi connectivity index (χ1v) is 9.20. The monoisotopic (exact) mass is 327 g/mol. The first-order valence-electron chi connectivity index (χ1n) is 9.20. The van der Waals surface area contributed by atoms with E-state index in [1.165, 1.54) is 29.2 Å². The second-order valence-corrected chi connectivity index (χ2v) is 7.28. The van der Waals surface area contributed by atoms with Crippen molar-refractivity contribution in [1.29, 1.82) is 0 Å². The van der Waals surface area contributed by atoms with E-state index in [0.29, 0.717) is 5.92 Å². The van der Waals surface area contributed by atoms with Gasteiger partial charge in [-0.2, -0.15) is 0 Å². The van der Waals surface area contributed by atoms with Gasteiger partial charge in [0.1, 0.15) is 5.75 Å². The van der Waals surface area contributed by atoms with Gasteiger partial charge in [-0.05, 0) is 60.1 Å². The number of aliphatic hydroxyl groups is 1. The molecule has 2 atom stereocenters. The molecule has 3 nitrogen and oxygen atoms in total. The zero-order valence-electron chi connectivity index (χ0n) is 14.6. The number of ether oxygens (including phenoxy) is 1. The molecule has 0 aliphatic heterocycles. The zero-order valence-corrected chi connectivity index (χ0v) is 14.6. The van der Waals surface area contributed by atoms with E-state index in [9.17, 15) is 5.11 Å². The topological polar surface area (TPSA) is 55.5 Å². The van der Waals surface area contributed by atoms with E-state index in [1.807, 2.05) is 0 Å². The third-order valence-electron chi connectivity index (χ3n) is 5.28. The SMILES string of the molecule is CCCCCOc1ccc2cc([C@@H]3CC[C@@](N)(CO)C3)ccc2c1. The lowest BCUT2D eigenvalue weighted by atomic mass is 9.92. The maximum Gasteiger partial charge on any atom is 0.119 e. The Morgan fingerprint density at radius 1 is 1.17 bits per heavy atom. The third-order valence-corrected chi connectivity index (χ3v) is 5.28. The van der Waals surface area contributed by atoms with Gasteiger partial charge in [0.2, 0.25) is 0 Å². The summed E-state index contributed by atoms with van der Waals surface area (Å²) in [6.07, 6.45) is 6.37. The minimum atomic E-state index is -0.393. The molecule has 0 spiro atoms. The van der Waals surface area contributed by atoms with Gasteiger partial charge in [0.05, 0.1) is 13.2 Å². The van der Waals surface area contributed by atoms with Gasteiger partial charge < -0.3 is 15.6 Å². The van der Waals surface area contributed by atoms with Gasteiger partial charge in [-0.15, -0.1) is 0 Å². The number of benzene rings is 2. The second-order valence-electron chi connectivity index (χ2n) is 7.28. The summed E-state index contributed by atoms with van der Waals surface area (Å²) in [7, 11) is 0. The molecule has 0 aromatic heterocycles. The van der Waals surface area contributed by atoms with Crippen molar-refractivity contribution in [2.24, 2.45) is 5.73 Å². The molecule has 1 aliphatic carbocycles. The average Bonchev–Trinajstić information content (AvgIpc) is 3.01. The van der Waals surface area contributed by atoms with Gasteiger partial charge in [0, 0.05) is 5.54 Å². The van der Waals surface area contributed by atoms with Crippen LogP contribution < -0.4 is 10.5 Å². The number of rotatable bonds is 7. The lowest BCUT2D eigenvalue weighted by molar-refractivity contribution is 0.198. The number of aliphatic hydroxyl groups excluding tert-OH is 1. The molecular weight excluding hydrogens is 298 g/mol. The molecule has 3 N–H and O–H groups in total. The molecule has 0 heterocycles. The van der Waals surface area contributed by atoms with Crippen LogP contribution in [0.5, 0.6) is 5.75 Å². The predicted octanol–water partition coefficient (Wildman–Crippen LogP) is 4.37. The van der Waals surface area contributed by atoms with E-state index in [-0.39, 0.29) is 6.61 Å². The Morgan fingerprint density at radius 3 is 2.71 bits per heavy atom. The van der Waals surface area contributed by atoms with E-state index in [4.69, 9.17) is 10.5 Å². The van der Waals surface area contributed by atoms with Crippen LogP contribution >= 0.6 is 0 Å². The van der Waals surface area contributed by atoms with Crippen LogP contribution in [0.15, 0.2) is 36.4 Å². The fraction of sp³-hybridized carbons (Fsp3) is 0.524. The van der Waals surface area contributed by atoms with Crippen LogP contribution in [0.2, 0.25) is 0 Å². The van der Waals surface area contributed by atoms with Crippen LogP contribution in [-0.4, -0.2) is 23.9 Å². The van der Waals surface area contributed by atoms with E-state index < -0.39 is 5.54 Å². The molecule has 0 bridgehead atoms. The molecule has 3 heteroatoms. The summed E-state index contributed by atoms with van der Waals surface area (Å²) in [6.45, 7) is 3.07. The van der Waals surface area contributed by atoms with Crippen molar-refractivity contribution >= 4 is 10.8 Å². The van der Waals surface area contributed by atoms with Crippen LogP contribution in [0.1, 0.15) is 56.9 Å². The summed E-state index contributed by atoms with van der Waals surface area (Å²) in [4.78, 5) is 0. The normalized spacial score (nSPS) is 23.7. The first-order chi connectivity index (χ1) is 11.6. The standard InChI is InChI=1S/C21H29NO2/c1-2-3-4-11-24-20-8-7-16-12-17(5-6-18(16)13-20)19-9-10-21(22,14-19)15-23/h5-8,12-13,19,23H,2-4,9-11,14-15,22H2,1H3/t19-,21+/m1/s1. The lowest BCUT2D eigenvalue weighted by Crippen LogP contribution is -2.40. The molecular formula is C21H29NO2. The molecule has 3 rings (SSSR count). The minimum Gasteiger partial charge on any atom is -0.494 e. The van der Waals surface area contributed by atoms with Gasteiger partial charge >= 0.3 is 0 Å². The average molecular weight is 327 g/mol. The molecule has 0 saturated heterocycles. The fourth-order valence-electron chi connectivity index (χ4n) is 3.71. The molecule has 1 aliphatic rings. The van der Waals surface area contributed by atoms with E-state index in [1.54, 1.807) is 0 Å². The van der Waals surface area contributed by atoms with Crippen molar-refractivity contribution in [1.82, 2.24) is 0 Å². The first kappa shape index (κ1) is 17.2. The molecule has 2 aromatic rings. The summed E-state index contributed by atoms with van der Waals surface area (Å²) >= 11 is 0. The van der Waals surface area contributed by atoms with E-state index in [2.05, 4.69) is 43.3 Å². The van der Waals surface area contributed by atoms with Crippen LogP contribution in [0.25, 0.3) is 10.8 Å². The van der Waals surface area contributed by atoms with Crippen LogP contribution in [-0.2, 0) is 0 Å². The summed E-state index contributed by atoms with van der Waals surface area (Å²) in [5, 5.41) is 11.9. The van der Waals surface area contributed by atoms with E-state index >= 15 is 0 Å². The summed E-state index contributed by atoms with van der Waals surface area (Å²) in [5.41, 5.74) is 7.16. The van der Waals surface area contributed by atoms with E-state index in [0.717, 1.165) is 38.0 Å². The highest BCUT2D eigenvalue weighted by Gasteiger charge is 2.35. The van der Waals surface area contributed by atoms with Crippen molar-refractivity contribution < 1.29 is 9.84 Å². The fourth-order valence-corrected chi connectivity index (χ4v) is 3.71. The smallest absolute Gasteiger partial charge is 0.119 e. The van der Waals surface area contributed by atoms with Crippen molar-refractivity contribution in [3.05, 3.63) is 42.0 Å². The van der Waals surface area contributed by atoms with Crippen LogP contribution in [0.3, 0.4) is 0 Å². The Hall–Kier alpha value is -1.58. The van der Waals surface area contributed by atoms with Gasteiger partial charge in [0.15, 0.2) is 0 Å². The molecule has 0 radical (unpaired) electrons. The Kier molecular flexibility index (Phi) is 5.42. The Balaban J connectivity index is 1.71. The number of hydrogen-bond donors (Lipinski definition) is 2. The summed E-state index contributed by atoms with van der Waals surface area (Å²) in [5.74, 6) is 1.41. The number of fused-ring (bicyclic) bond motifs is 1. The number of hydrogen-bond acceptors (Lipinski definition) is 3. The maximum absolute atomic E-state index is 9.46. The Morgan fingerprint density at radius 2 is 1.96 bits per heavy atom. The molecule has 24 heavy (non-hydrogen) atoms. The molecule has 0 amide bonds. The summed E-state index contributed by atoms with van der Waals surface area (Å²) in [6, 6.07) is 13.0. The quantitative estimate of drug-likeness (QED) is 0.743. The number of unbranched alkanes of at least 4 members (excludes halogenated alkanes) is 2. The van der Waals surface area contributed by atoms with Crippen LogP contribution in [0.4, 0.5) is 0 Å². The molecule has 1 fully saturated rings. The van der Waals surface area contributed by atoms with Crippen molar-refractivity contribution in [3.63, 3.8) is 0 Å². The van der Waals surface area contributed by atoms with Crippen molar-refractivity contribution in [2.45, 2.75) is 56.9 Å². The zero-order chi connectivity index (χ0) is 17.0. The molecule has 1 saturated carbocycles. The lowest BCUT2D eigenvalue weighted by Gasteiger charge is -2.21. The third kappa shape index (κ3) is 3.90. The van der Waals surface area contributed by atoms with Crippen LogP contribution in [0, 0.1) is 0 Å². The number of nitrogens with two attached hydrogens (primary N) is 1. The van der Waals surface area contributed by atoms with Gasteiger partial charge in [0.25, 0.3) is 0 Å². The highest BCUT2D eigenvalue weighted by atomic mass is 16.5. The van der Waals surface area contributed by atoms with Gasteiger partial charge in [-0.25, -0.2) is 0 Å². The highest BCUT2D eigenvalue weighted by molar-refractivity contribution is 5.84. The highest BCUT2D eigenvalue weighted by Crippen LogP contribution is 2.40.